The molecule has 0 aliphatic carbocycles. The minimum absolute atomic E-state index is 0.0970. The Kier molecular flexibility index (Phi) is 4.20. The van der Waals surface area contributed by atoms with E-state index in [0.29, 0.717) is 28.0 Å². The van der Waals surface area contributed by atoms with Gasteiger partial charge in [0.05, 0.1) is 41.0 Å². The highest BCUT2D eigenvalue weighted by atomic mass is 35.5. The van der Waals surface area contributed by atoms with E-state index in [1.165, 1.54) is 6.07 Å². The Balaban J connectivity index is 1.74. The maximum Gasteiger partial charge on any atom is 0.251 e. The van der Waals surface area contributed by atoms with Crippen LogP contribution in [-0.4, -0.2) is 17.9 Å². The molecule has 1 unspecified atom stereocenters. The van der Waals surface area contributed by atoms with Gasteiger partial charge in [-0.3, -0.25) is 14.9 Å². The molecule has 22 heavy (non-hydrogen) atoms. The van der Waals surface area contributed by atoms with Gasteiger partial charge in [-0.2, -0.15) is 0 Å². The molecule has 0 radical (unpaired) electrons. The van der Waals surface area contributed by atoms with Gasteiger partial charge in [0.1, 0.15) is 5.76 Å². The molecule has 1 N–H and O–H groups in total. The first-order valence-electron chi connectivity index (χ1n) is 6.64. The summed E-state index contributed by atoms with van der Waals surface area (Å²) in [4.78, 5) is 25.7. The molecule has 1 fully saturated rings. The summed E-state index contributed by atoms with van der Waals surface area (Å²) in [7, 11) is 0. The van der Waals surface area contributed by atoms with Crippen LogP contribution < -0.4 is 10.2 Å². The summed E-state index contributed by atoms with van der Waals surface area (Å²) < 4.78 is 5.19. The smallest absolute Gasteiger partial charge is 0.251 e. The molecule has 1 aliphatic heterocycles. The Morgan fingerprint density at radius 1 is 1.23 bits per heavy atom. The Labute approximate surface area is 136 Å². The number of imide groups is 1. The second-order valence-corrected chi connectivity index (χ2v) is 5.70. The van der Waals surface area contributed by atoms with Crippen LogP contribution in [0.5, 0.6) is 0 Å². The van der Waals surface area contributed by atoms with E-state index in [1.807, 2.05) is 0 Å². The van der Waals surface area contributed by atoms with Gasteiger partial charge >= 0.3 is 0 Å². The second-order valence-electron chi connectivity index (χ2n) is 4.88. The number of furan rings is 1. The summed E-state index contributed by atoms with van der Waals surface area (Å²) in [5.74, 6) is 0.114. The molecular weight excluding hydrogens is 327 g/mol. The molecule has 3 rings (SSSR count). The van der Waals surface area contributed by atoms with Crippen molar-refractivity contribution >= 4 is 40.7 Å². The third-order valence-electron chi connectivity index (χ3n) is 3.41. The van der Waals surface area contributed by atoms with Gasteiger partial charge in [0, 0.05) is 0 Å². The molecule has 0 bridgehead atoms. The maximum absolute atomic E-state index is 12.4. The second kappa shape index (κ2) is 6.12. The van der Waals surface area contributed by atoms with Crippen LogP contribution >= 0.6 is 23.2 Å². The summed E-state index contributed by atoms with van der Waals surface area (Å²) in [6.45, 7) is 0.381. The number of halogens is 2. The molecule has 1 aromatic carbocycles. The topological polar surface area (TPSA) is 62.6 Å². The van der Waals surface area contributed by atoms with Gasteiger partial charge in [-0.15, -0.1) is 0 Å². The first-order chi connectivity index (χ1) is 10.6. The first kappa shape index (κ1) is 15.1. The summed E-state index contributed by atoms with van der Waals surface area (Å²) in [6, 6.07) is 7.65. The van der Waals surface area contributed by atoms with Gasteiger partial charge in [-0.1, -0.05) is 23.2 Å². The van der Waals surface area contributed by atoms with Gasteiger partial charge in [0.25, 0.3) is 5.91 Å². The van der Waals surface area contributed by atoms with Crippen molar-refractivity contribution in [2.24, 2.45) is 0 Å². The Bertz CT molecular complexity index is 716. The lowest BCUT2D eigenvalue weighted by Gasteiger charge is -2.16. The highest BCUT2D eigenvalue weighted by Crippen LogP contribution is 2.30. The number of nitrogens with one attached hydrogen (secondary N) is 1. The van der Waals surface area contributed by atoms with E-state index >= 15 is 0 Å². The molecule has 1 aliphatic rings. The van der Waals surface area contributed by atoms with Crippen LogP contribution in [0.1, 0.15) is 12.2 Å². The van der Waals surface area contributed by atoms with Gasteiger partial charge in [0.15, 0.2) is 0 Å². The summed E-state index contributed by atoms with van der Waals surface area (Å²) in [5, 5.41) is 3.70. The van der Waals surface area contributed by atoms with Crippen molar-refractivity contribution in [1.82, 2.24) is 5.32 Å². The highest BCUT2D eigenvalue weighted by molar-refractivity contribution is 6.42. The predicted octanol–water partition coefficient (Wildman–Crippen LogP) is 3.01. The molecule has 2 amide bonds. The van der Waals surface area contributed by atoms with E-state index in [-0.39, 0.29) is 18.2 Å². The molecule has 1 aromatic heterocycles. The largest absolute Gasteiger partial charge is 0.468 e. The number of carbonyl (C=O) groups is 2. The Morgan fingerprint density at radius 2 is 2.05 bits per heavy atom. The first-order valence-corrected chi connectivity index (χ1v) is 7.39. The van der Waals surface area contributed by atoms with Crippen molar-refractivity contribution in [3.63, 3.8) is 0 Å². The number of hydrogen-bond acceptors (Lipinski definition) is 4. The summed E-state index contributed by atoms with van der Waals surface area (Å²) in [6.07, 6.45) is 1.65. The van der Waals surface area contributed by atoms with E-state index in [9.17, 15) is 9.59 Å². The van der Waals surface area contributed by atoms with E-state index in [2.05, 4.69) is 5.32 Å². The van der Waals surface area contributed by atoms with E-state index in [1.54, 1.807) is 30.5 Å². The minimum atomic E-state index is -0.577. The molecule has 7 heteroatoms. The number of anilines is 1. The number of benzene rings is 1. The molecule has 1 atom stereocenters. The van der Waals surface area contributed by atoms with Crippen molar-refractivity contribution in [2.45, 2.75) is 19.0 Å². The fourth-order valence-corrected chi connectivity index (χ4v) is 2.62. The SMILES string of the molecule is O=C1CC(NCc2ccco2)C(=O)N1c1ccc(Cl)c(Cl)c1. The summed E-state index contributed by atoms with van der Waals surface area (Å²) >= 11 is 11.8. The lowest BCUT2D eigenvalue weighted by atomic mass is 10.2. The third kappa shape index (κ3) is 2.88. The van der Waals surface area contributed by atoms with Crippen molar-refractivity contribution in [3.8, 4) is 0 Å². The zero-order chi connectivity index (χ0) is 15.7. The zero-order valence-electron chi connectivity index (χ0n) is 11.4. The molecule has 0 saturated carbocycles. The average Bonchev–Trinajstić information content (AvgIpc) is 3.09. The van der Waals surface area contributed by atoms with Crippen molar-refractivity contribution in [1.29, 1.82) is 0 Å². The Morgan fingerprint density at radius 3 is 2.73 bits per heavy atom. The van der Waals surface area contributed by atoms with Gasteiger partial charge in [0.2, 0.25) is 5.91 Å². The van der Waals surface area contributed by atoms with Gasteiger partial charge < -0.3 is 4.42 Å². The molecule has 0 spiro atoms. The van der Waals surface area contributed by atoms with Crippen LogP contribution in [0.15, 0.2) is 41.0 Å². The number of amides is 2. The fraction of sp³-hybridized carbons (Fsp3) is 0.200. The minimum Gasteiger partial charge on any atom is -0.468 e. The molecular formula is C15H12Cl2N2O3. The standard InChI is InChI=1S/C15H12Cl2N2O3/c16-11-4-3-9(6-12(11)17)19-14(20)7-13(15(19)21)18-8-10-2-1-5-22-10/h1-6,13,18H,7-8H2. The maximum atomic E-state index is 12.4. The summed E-state index contributed by atoms with van der Waals surface area (Å²) in [5.41, 5.74) is 0.423. The monoisotopic (exact) mass is 338 g/mol. The number of rotatable bonds is 4. The van der Waals surface area contributed by atoms with Crippen LogP contribution in [0.3, 0.4) is 0 Å². The fourth-order valence-electron chi connectivity index (χ4n) is 2.32. The predicted molar refractivity (Wildman–Crippen MR) is 82.9 cm³/mol. The highest BCUT2D eigenvalue weighted by Gasteiger charge is 2.39. The average molecular weight is 339 g/mol. The van der Waals surface area contributed by atoms with E-state index in [0.717, 1.165) is 4.90 Å². The molecule has 2 heterocycles. The van der Waals surface area contributed by atoms with Crippen molar-refractivity contribution in [3.05, 3.63) is 52.4 Å². The Hall–Kier alpha value is -1.82. The lowest BCUT2D eigenvalue weighted by molar-refractivity contribution is -0.121. The van der Waals surface area contributed by atoms with Crippen LogP contribution in [-0.2, 0) is 16.1 Å². The van der Waals surface area contributed by atoms with Crippen molar-refractivity contribution < 1.29 is 14.0 Å². The van der Waals surface area contributed by atoms with Crippen LogP contribution in [0.25, 0.3) is 0 Å². The quantitative estimate of drug-likeness (QED) is 0.870. The van der Waals surface area contributed by atoms with Gasteiger partial charge in [-0.25, -0.2) is 4.90 Å². The van der Waals surface area contributed by atoms with Gasteiger partial charge in [-0.05, 0) is 30.3 Å². The molecule has 1 saturated heterocycles. The normalized spacial score (nSPS) is 18.3. The molecule has 2 aromatic rings. The third-order valence-corrected chi connectivity index (χ3v) is 4.15. The molecule has 5 nitrogen and oxygen atoms in total. The van der Waals surface area contributed by atoms with Crippen molar-refractivity contribution in [2.75, 3.05) is 4.90 Å². The van der Waals surface area contributed by atoms with Crippen LogP contribution in [0.4, 0.5) is 5.69 Å². The van der Waals surface area contributed by atoms with E-state index < -0.39 is 6.04 Å². The lowest BCUT2D eigenvalue weighted by Crippen LogP contribution is -2.38. The molecule has 114 valence electrons. The number of nitrogens with zero attached hydrogens (tertiary/aromatic N) is 1. The zero-order valence-corrected chi connectivity index (χ0v) is 12.9. The van der Waals surface area contributed by atoms with E-state index in [4.69, 9.17) is 27.6 Å². The number of carbonyl (C=O) groups excluding carboxylic acids is 2. The van der Waals surface area contributed by atoms with Crippen LogP contribution in [0.2, 0.25) is 10.0 Å². The van der Waals surface area contributed by atoms with Crippen LogP contribution in [0, 0.1) is 0 Å². The number of hydrogen-bond donors (Lipinski definition) is 1.